The van der Waals surface area contributed by atoms with E-state index in [2.05, 4.69) is 19.3 Å². The summed E-state index contributed by atoms with van der Waals surface area (Å²) < 4.78 is 5.61. The van der Waals surface area contributed by atoms with Crippen molar-refractivity contribution in [3.8, 4) is 0 Å². The quantitative estimate of drug-likeness (QED) is 0.517. The third-order valence-electron chi connectivity index (χ3n) is 3.67. The summed E-state index contributed by atoms with van der Waals surface area (Å²) in [6.45, 7) is 4.90. The molecule has 0 spiro atoms. The van der Waals surface area contributed by atoms with Crippen LogP contribution < -0.4 is 11.3 Å². The third-order valence-corrected chi connectivity index (χ3v) is 3.67. The first-order valence-corrected chi connectivity index (χ1v) is 5.78. The van der Waals surface area contributed by atoms with Crippen molar-refractivity contribution >= 4 is 0 Å². The SMILES string of the molecule is CC(C)OCC(NN)C1CC2CC2C1. The molecule has 0 saturated heterocycles. The van der Waals surface area contributed by atoms with E-state index in [-0.39, 0.29) is 0 Å². The van der Waals surface area contributed by atoms with Gasteiger partial charge in [-0.3, -0.25) is 11.3 Å². The van der Waals surface area contributed by atoms with Crippen LogP contribution in [-0.2, 0) is 4.74 Å². The smallest absolute Gasteiger partial charge is 0.0639 e. The Balaban J connectivity index is 1.74. The lowest BCUT2D eigenvalue weighted by Gasteiger charge is -2.24. The number of ether oxygens (including phenoxy) is 1. The van der Waals surface area contributed by atoms with E-state index in [4.69, 9.17) is 10.6 Å². The van der Waals surface area contributed by atoms with Gasteiger partial charge in [-0.05, 0) is 50.9 Å². The fraction of sp³-hybridized carbons (Fsp3) is 1.00. The van der Waals surface area contributed by atoms with Gasteiger partial charge in [0.05, 0.1) is 12.7 Å². The van der Waals surface area contributed by atoms with Crippen LogP contribution in [-0.4, -0.2) is 18.8 Å². The summed E-state index contributed by atoms with van der Waals surface area (Å²) in [6.07, 6.45) is 4.50. The summed E-state index contributed by atoms with van der Waals surface area (Å²) in [7, 11) is 0. The summed E-state index contributed by atoms with van der Waals surface area (Å²) in [6, 6.07) is 0.366. The van der Waals surface area contributed by atoms with Crippen LogP contribution in [0.4, 0.5) is 0 Å². The average molecular weight is 198 g/mol. The maximum atomic E-state index is 5.61. The van der Waals surface area contributed by atoms with Gasteiger partial charge in [-0.1, -0.05) is 0 Å². The van der Waals surface area contributed by atoms with E-state index in [0.717, 1.165) is 24.4 Å². The summed E-state index contributed by atoms with van der Waals surface area (Å²) in [5.74, 6) is 8.37. The second-order valence-corrected chi connectivity index (χ2v) is 5.14. The first-order chi connectivity index (χ1) is 6.70. The highest BCUT2D eigenvalue weighted by molar-refractivity contribution is 4.98. The van der Waals surface area contributed by atoms with Crippen LogP contribution >= 0.6 is 0 Å². The molecule has 2 fully saturated rings. The van der Waals surface area contributed by atoms with Gasteiger partial charge in [0.1, 0.15) is 0 Å². The molecule has 0 radical (unpaired) electrons. The summed E-state index contributed by atoms with van der Waals surface area (Å²) >= 11 is 0. The number of nitrogens with one attached hydrogen (secondary N) is 1. The number of hydrogen-bond acceptors (Lipinski definition) is 3. The lowest BCUT2D eigenvalue weighted by molar-refractivity contribution is 0.0473. The summed E-state index contributed by atoms with van der Waals surface area (Å²) in [4.78, 5) is 0. The molecule has 3 N–H and O–H groups in total. The lowest BCUT2D eigenvalue weighted by Crippen LogP contribution is -2.44. The minimum Gasteiger partial charge on any atom is -0.377 e. The Bertz CT molecular complexity index is 186. The molecule has 0 aromatic rings. The van der Waals surface area contributed by atoms with Crippen molar-refractivity contribution in [2.45, 2.75) is 45.3 Å². The van der Waals surface area contributed by atoms with Gasteiger partial charge in [0.2, 0.25) is 0 Å². The molecule has 2 saturated carbocycles. The lowest BCUT2D eigenvalue weighted by atomic mass is 9.95. The monoisotopic (exact) mass is 198 g/mol. The molecule has 0 aliphatic heterocycles. The van der Waals surface area contributed by atoms with Crippen molar-refractivity contribution in [3.05, 3.63) is 0 Å². The van der Waals surface area contributed by atoms with E-state index in [1.807, 2.05) is 0 Å². The Labute approximate surface area is 86.4 Å². The van der Waals surface area contributed by atoms with Crippen molar-refractivity contribution in [1.29, 1.82) is 0 Å². The van der Waals surface area contributed by atoms with E-state index in [9.17, 15) is 0 Å². The van der Waals surface area contributed by atoms with Crippen molar-refractivity contribution in [1.82, 2.24) is 5.43 Å². The minimum atomic E-state index is 0.307. The molecule has 3 heteroatoms. The van der Waals surface area contributed by atoms with E-state index in [1.165, 1.54) is 19.3 Å². The van der Waals surface area contributed by atoms with E-state index in [0.29, 0.717) is 12.1 Å². The largest absolute Gasteiger partial charge is 0.377 e. The van der Waals surface area contributed by atoms with Gasteiger partial charge in [-0.15, -0.1) is 0 Å². The van der Waals surface area contributed by atoms with Gasteiger partial charge in [0.25, 0.3) is 0 Å². The Morgan fingerprint density at radius 3 is 2.43 bits per heavy atom. The number of rotatable bonds is 5. The number of hydrogen-bond donors (Lipinski definition) is 2. The van der Waals surface area contributed by atoms with Crippen molar-refractivity contribution < 1.29 is 4.74 Å². The van der Waals surface area contributed by atoms with Crippen LogP contribution in [0.5, 0.6) is 0 Å². The molecular weight excluding hydrogens is 176 g/mol. The molecule has 0 heterocycles. The van der Waals surface area contributed by atoms with Crippen LogP contribution in [0.3, 0.4) is 0 Å². The molecule has 0 aromatic heterocycles. The Morgan fingerprint density at radius 2 is 1.93 bits per heavy atom. The van der Waals surface area contributed by atoms with Gasteiger partial charge in [0, 0.05) is 6.04 Å². The normalized spacial score (nSPS) is 37.3. The highest BCUT2D eigenvalue weighted by atomic mass is 16.5. The maximum Gasteiger partial charge on any atom is 0.0639 e. The molecule has 2 rings (SSSR count). The molecule has 14 heavy (non-hydrogen) atoms. The zero-order chi connectivity index (χ0) is 10.1. The van der Waals surface area contributed by atoms with Gasteiger partial charge < -0.3 is 4.74 Å². The molecule has 0 amide bonds. The Hall–Kier alpha value is -0.120. The third kappa shape index (κ3) is 2.27. The summed E-state index contributed by atoms with van der Waals surface area (Å²) in [5.41, 5.74) is 2.92. The minimum absolute atomic E-state index is 0.307. The molecule has 0 bridgehead atoms. The molecule has 3 nitrogen and oxygen atoms in total. The topological polar surface area (TPSA) is 47.3 Å². The zero-order valence-electron chi connectivity index (χ0n) is 9.20. The van der Waals surface area contributed by atoms with Crippen LogP contribution in [0.1, 0.15) is 33.1 Å². The predicted octanol–water partition coefficient (Wildman–Crippen LogP) is 1.29. The molecule has 2 aliphatic rings. The summed E-state index contributed by atoms with van der Waals surface area (Å²) in [5, 5.41) is 0. The van der Waals surface area contributed by atoms with Crippen LogP contribution in [0.25, 0.3) is 0 Å². The fourth-order valence-electron chi connectivity index (χ4n) is 2.71. The second kappa shape index (κ2) is 4.17. The van der Waals surface area contributed by atoms with Crippen LogP contribution in [0, 0.1) is 17.8 Å². The van der Waals surface area contributed by atoms with Crippen molar-refractivity contribution in [3.63, 3.8) is 0 Å². The van der Waals surface area contributed by atoms with E-state index in [1.54, 1.807) is 0 Å². The maximum absolute atomic E-state index is 5.61. The predicted molar refractivity (Wildman–Crippen MR) is 56.5 cm³/mol. The Morgan fingerprint density at radius 1 is 1.29 bits per heavy atom. The fourth-order valence-corrected chi connectivity index (χ4v) is 2.71. The van der Waals surface area contributed by atoms with Crippen LogP contribution in [0.2, 0.25) is 0 Å². The molecule has 3 unspecified atom stereocenters. The van der Waals surface area contributed by atoms with Gasteiger partial charge >= 0.3 is 0 Å². The van der Waals surface area contributed by atoms with E-state index >= 15 is 0 Å². The zero-order valence-corrected chi connectivity index (χ0v) is 9.20. The number of nitrogens with two attached hydrogens (primary N) is 1. The molecule has 2 aliphatic carbocycles. The van der Waals surface area contributed by atoms with E-state index < -0.39 is 0 Å². The number of hydrazine groups is 1. The molecular formula is C11H22N2O. The first kappa shape index (κ1) is 10.4. The van der Waals surface area contributed by atoms with Crippen LogP contribution in [0.15, 0.2) is 0 Å². The van der Waals surface area contributed by atoms with Crippen molar-refractivity contribution in [2.75, 3.05) is 6.61 Å². The van der Waals surface area contributed by atoms with Crippen molar-refractivity contribution in [2.24, 2.45) is 23.6 Å². The van der Waals surface area contributed by atoms with Gasteiger partial charge in [-0.25, -0.2) is 0 Å². The molecule has 3 atom stereocenters. The standard InChI is InChI=1S/C11H22N2O/c1-7(2)14-6-11(13-12)10-4-8-3-9(8)5-10/h7-11,13H,3-6,12H2,1-2H3. The van der Waals surface area contributed by atoms with Gasteiger partial charge in [-0.2, -0.15) is 0 Å². The molecule has 82 valence electrons. The van der Waals surface area contributed by atoms with Gasteiger partial charge in [0.15, 0.2) is 0 Å². The number of fused-ring (bicyclic) bond motifs is 1. The first-order valence-electron chi connectivity index (χ1n) is 5.78. The highest BCUT2D eigenvalue weighted by Gasteiger charge is 2.47. The molecule has 0 aromatic carbocycles. The average Bonchev–Trinajstić information content (AvgIpc) is 2.75. The Kier molecular flexibility index (Phi) is 3.10. The highest BCUT2D eigenvalue weighted by Crippen LogP contribution is 2.55. The second-order valence-electron chi connectivity index (χ2n) is 5.14.